The molecule has 0 aliphatic heterocycles. The lowest BCUT2D eigenvalue weighted by Crippen LogP contribution is -2.23. The van der Waals surface area contributed by atoms with Gasteiger partial charge in [0, 0.05) is 12.2 Å². The van der Waals surface area contributed by atoms with Crippen LogP contribution in [-0.2, 0) is 6.54 Å². The maximum Gasteiger partial charge on any atom is 0.254 e. The minimum Gasteiger partial charge on any atom is -0.399 e. The molecule has 3 nitrogen and oxygen atoms in total. The molecule has 19 heavy (non-hydrogen) atoms. The molecule has 0 aromatic heterocycles. The Bertz CT molecular complexity index is 614. The summed E-state index contributed by atoms with van der Waals surface area (Å²) in [6.45, 7) is 0.125. The predicted molar refractivity (Wildman–Crippen MR) is 68.4 cm³/mol. The number of nitrogens with one attached hydrogen (secondary N) is 1. The monoisotopic (exact) mass is 262 g/mol. The maximum atomic E-state index is 13.5. The molecule has 2 aromatic carbocycles. The minimum atomic E-state index is -0.684. The number of carbonyl (C=O) groups is 1. The van der Waals surface area contributed by atoms with Crippen molar-refractivity contribution in [3.05, 3.63) is 65.2 Å². The molecule has 0 atom stereocenters. The molecule has 0 spiro atoms. The minimum absolute atomic E-state index is 0.0920. The van der Waals surface area contributed by atoms with E-state index in [4.69, 9.17) is 5.73 Å². The van der Waals surface area contributed by atoms with Gasteiger partial charge in [0.25, 0.3) is 5.91 Å². The molecule has 0 saturated carbocycles. The van der Waals surface area contributed by atoms with Gasteiger partial charge in [0.15, 0.2) is 0 Å². The zero-order chi connectivity index (χ0) is 13.8. The summed E-state index contributed by atoms with van der Waals surface area (Å²) in [7, 11) is 0. The lowest BCUT2D eigenvalue weighted by Gasteiger charge is -2.07. The second-order valence-corrected chi connectivity index (χ2v) is 4.05. The van der Waals surface area contributed by atoms with Crippen LogP contribution < -0.4 is 11.1 Å². The van der Waals surface area contributed by atoms with Crippen LogP contribution in [-0.4, -0.2) is 5.91 Å². The van der Waals surface area contributed by atoms with Crippen LogP contribution in [0.1, 0.15) is 15.9 Å². The summed E-state index contributed by atoms with van der Waals surface area (Å²) in [5.74, 6) is -1.64. The fourth-order valence-corrected chi connectivity index (χ4v) is 1.64. The number of amides is 1. The molecule has 2 aromatic rings. The SMILES string of the molecule is Nc1ccc(C(=O)NCc2cccc(F)c2)c(F)c1. The van der Waals surface area contributed by atoms with Crippen molar-refractivity contribution in [2.45, 2.75) is 6.54 Å². The van der Waals surface area contributed by atoms with Gasteiger partial charge in [-0.2, -0.15) is 0 Å². The van der Waals surface area contributed by atoms with Crippen LogP contribution in [0.5, 0.6) is 0 Å². The molecule has 3 N–H and O–H groups in total. The molecule has 98 valence electrons. The van der Waals surface area contributed by atoms with Crippen molar-refractivity contribution in [1.82, 2.24) is 5.32 Å². The summed E-state index contributed by atoms with van der Waals surface area (Å²) < 4.78 is 26.4. The molecule has 2 rings (SSSR count). The van der Waals surface area contributed by atoms with Crippen molar-refractivity contribution in [2.75, 3.05) is 5.73 Å². The zero-order valence-corrected chi connectivity index (χ0v) is 9.99. The van der Waals surface area contributed by atoms with Gasteiger partial charge in [0.05, 0.1) is 5.56 Å². The lowest BCUT2D eigenvalue weighted by atomic mass is 10.1. The summed E-state index contributed by atoms with van der Waals surface area (Å²) in [6, 6.07) is 9.66. The Morgan fingerprint density at radius 1 is 1.16 bits per heavy atom. The summed E-state index contributed by atoms with van der Waals surface area (Å²) in [4.78, 5) is 11.7. The van der Waals surface area contributed by atoms with E-state index in [2.05, 4.69) is 5.32 Å². The van der Waals surface area contributed by atoms with Crippen LogP contribution in [0.15, 0.2) is 42.5 Å². The smallest absolute Gasteiger partial charge is 0.254 e. The average molecular weight is 262 g/mol. The van der Waals surface area contributed by atoms with E-state index in [0.29, 0.717) is 5.56 Å². The third kappa shape index (κ3) is 3.28. The molecule has 5 heteroatoms. The number of nitrogens with two attached hydrogens (primary N) is 1. The Kier molecular flexibility index (Phi) is 3.75. The summed E-state index contributed by atoms with van der Waals surface area (Å²) >= 11 is 0. The van der Waals surface area contributed by atoms with Gasteiger partial charge in [-0.1, -0.05) is 12.1 Å². The summed E-state index contributed by atoms with van der Waals surface area (Å²) in [5.41, 5.74) is 6.15. The van der Waals surface area contributed by atoms with Gasteiger partial charge in [-0.15, -0.1) is 0 Å². The highest BCUT2D eigenvalue weighted by Crippen LogP contribution is 2.12. The van der Waals surface area contributed by atoms with E-state index in [-0.39, 0.29) is 23.6 Å². The lowest BCUT2D eigenvalue weighted by molar-refractivity contribution is 0.0947. The number of carbonyl (C=O) groups excluding carboxylic acids is 1. The molecular weight excluding hydrogens is 250 g/mol. The Balaban J connectivity index is 2.05. The molecule has 0 radical (unpaired) electrons. The Morgan fingerprint density at radius 2 is 1.95 bits per heavy atom. The predicted octanol–water partition coefficient (Wildman–Crippen LogP) is 2.48. The molecule has 0 aliphatic rings. The number of benzene rings is 2. The van der Waals surface area contributed by atoms with Gasteiger partial charge in [-0.05, 0) is 35.9 Å². The number of halogens is 2. The van der Waals surface area contributed by atoms with E-state index in [1.165, 1.54) is 24.3 Å². The number of hydrogen-bond acceptors (Lipinski definition) is 2. The van der Waals surface area contributed by atoms with Crippen molar-refractivity contribution in [1.29, 1.82) is 0 Å². The van der Waals surface area contributed by atoms with Gasteiger partial charge < -0.3 is 11.1 Å². The van der Waals surface area contributed by atoms with E-state index in [1.54, 1.807) is 12.1 Å². The van der Waals surface area contributed by atoms with E-state index in [1.807, 2.05) is 0 Å². The van der Waals surface area contributed by atoms with Crippen LogP contribution >= 0.6 is 0 Å². The number of anilines is 1. The highest BCUT2D eigenvalue weighted by atomic mass is 19.1. The van der Waals surface area contributed by atoms with E-state index in [0.717, 1.165) is 6.07 Å². The number of rotatable bonds is 3. The van der Waals surface area contributed by atoms with Crippen molar-refractivity contribution in [3.63, 3.8) is 0 Å². The van der Waals surface area contributed by atoms with Crippen LogP contribution in [0.25, 0.3) is 0 Å². The standard InChI is InChI=1S/C14H12F2N2O/c15-10-3-1-2-9(6-10)8-18-14(19)12-5-4-11(17)7-13(12)16/h1-7H,8,17H2,(H,18,19). The first-order valence-electron chi connectivity index (χ1n) is 5.64. The van der Waals surface area contributed by atoms with Crippen molar-refractivity contribution >= 4 is 11.6 Å². The van der Waals surface area contributed by atoms with E-state index >= 15 is 0 Å². The third-order valence-corrected chi connectivity index (χ3v) is 2.58. The van der Waals surface area contributed by atoms with Crippen LogP contribution in [0.4, 0.5) is 14.5 Å². The molecule has 0 fully saturated rings. The van der Waals surface area contributed by atoms with Crippen LogP contribution in [0.3, 0.4) is 0 Å². The fourth-order valence-electron chi connectivity index (χ4n) is 1.64. The third-order valence-electron chi connectivity index (χ3n) is 2.58. The highest BCUT2D eigenvalue weighted by molar-refractivity contribution is 5.94. The largest absolute Gasteiger partial charge is 0.399 e. The summed E-state index contributed by atoms with van der Waals surface area (Å²) in [6.07, 6.45) is 0. The van der Waals surface area contributed by atoms with E-state index < -0.39 is 11.7 Å². The number of hydrogen-bond donors (Lipinski definition) is 2. The maximum absolute atomic E-state index is 13.5. The van der Waals surface area contributed by atoms with Gasteiger partial charge in [0.2, 0.25) is 0 Å². The molecule has 1 amide bonds. The molecule has 0 unspecified atom stereocenters. The van der Waals surface area contributed by atoms with E-state index in [9.17, 15) is 13.6 Å². The molecule has 0 heterocycles. The first-order chi connectivity index (χ1) is 9.06. The Morgan fingerprint density at radius 3 is 2.63 bits per heavy atom. The van der Waals surface area contributed by atoms with Crippen molar-refractivity contribution in [3.8, 4) is 0 Å². The van der Waals surface area contributed by atoms with Gasteiger partial charge in [0.1, 0.15) is 11.6 Å². The molecule has 0 aliphatic carbocycles. The second kappa shape index (κ2) is 5.48. The van der Waals surface area contributed by atoms with Crippen LogP contribution in [0, 0.1) is 11.6 Å². The number of nitrogen functional groups attached to an aromatic ring is 1. The Labute approximate surface area is 109 Å². The van der Waals surface area contributed by atoms with Crippen molar-refractivity contribution in [2.24, 2.45) is 0 Å². The summed E-state index contributed by atoms with van der Waals surface area (Å²) in [5, 5.41) is 2.52. The second-order valence-electron chi connectivity index (χ2n) is 4.05. The highest BCUT2D eigenvalue weighted by Gasteiger charge is 2.11. The van der Waals surface area contributed by atoms with Gasteiger partial charge in [-0.3, -0.25) is 4.79 Å². The molecular formula is C14H12F2N2O. The van der Waals surface area contributed by atoms with Gasteiger partial charge in [-0.25, -0.2) is 8.78 Å². The quantitative estimate of drug-likeness (QED) is 0.835. The first-order valence-corrected chi connectivity index (χ1v) is 5.64. The zero-order valence-electron chi connectivity index (χ0n) is 9.99. The van der Waals surface area contributed by atoms with Gasteiger partial charge >= 0.3 is 0 Å². The average Bonchev–Trinajstić information content (AvgIpc) is 2.36. The van der Waals surface area contributed by atoms with Crippen molar-refractivity contribution < 1.29 is 13.6 Å². The Hall–Kier alpha value is -2.43. The molecule has 0 bridgehead atoms. The van der Waals surface area contributed by atoms with Crippen LogP contribution in [0.2, 0.25) is 0 Å². The first kappa shape index (κ1) is 13.0. The molecule has 0 saturated heterocycles. The fraction of sp³-hybridized carbons (Fsp3) is 0.0714. The normalized spacial score (nSPS) is 10.2. The topological polar surface area (TPSA) is 55.1 Å².